The normalized spacial score (nSPS) is 12.4. The molecule has 110 valence electrons. The summed E-state index contributed by atoms with van der Waals surface area (Å²) < 4.78 is 6.00. The van der Waals surface area contributed by atoms with E-state index in [4.69, 9.17) is 4.74 Å². The molecule has 2 amide bonds. The monoisotopic (exact) mass is 342 g/mol. The molecule has 1 atom stereocenters. The first-order valence-corrected chi connectivity index (χ1v) is 6.99. The number of halogens is 1. The van der Waals surface area contributed by atoms with Crippen molar-refractivity contribution in [1.29, 1.82) is 0 Å². The van der Waals surface area contributed by atoms with Crippen LogP contribution >= 0.6 is 15.9 Å². The molecule has 2 N–H and O–H groups in total. The molecule has 0 radical (unpaired) electrons. The maximum Gasteiger partial charge on any atom is 0.408 e. The number of rotatable bonds is 3. The molecule has 1 rings (SSSR count). The summed E-state index contributed by atoms with van der Waals surface area (Å²) in [4.78, 5) is 23.8. The van der Waals surface area contributed by atoms with Gasteiger partial charge in [0.2, 0.25) is 5.91 Å². The summed E-state index contributed by atoms with van der Waals surface area (Å²) in [5.74, 6) is -0.311. The van der Waals surface area contributed by atoms with Gasteiger partial charge in [-0.05, 0) is 38.5 Å². The Morgan fingerprint density at radius 2 is 1.95 bits per heavy atom. The number of hydrogen-bond donors (Lipinski definition) is 2. The summed E-state index contributed by atoms with van der Waals surface area (Å²) in [6.07, 6.45) is -0.633. The first-order chi connectivity index (χ1) is 9.23. The fourth-order valence-electron chi connectivity index (χ4n) is 1.56. The lowest BCUT2D eigenvalue weighted by atomic mass is 10.1. The lowest BCUT2D eigenvalue weighted by molar-refractivity contribution is -0.122. The van der Waals surface area contributed by atoms with Crippen molar-refractivity contribution in [1.82, 2.24) is 10.6 Å². The molecule has 1 unspecified atom stereocenters. The van der Waals surface area contributed by atoms with Gasteiger partial charge in [-0.15, -0.1) is 0 Å². The van der Waals surface area contributed by atoms with Crippen molar-refractivity contribution in [2.75, 3.05) is 7.05 Å². The number of hydrogen-bond acceptors (Lipinski definition) is 3. The smallest absolute Gasteiger partial charge is 0.408 e. The Kier molecular flexibility index (Phi) is 5.56. The van der Waals surface area contributed by atoms with Crippen LogP contribution in [-0.2, 0) is 9.53 Å². The highest BCUT2D eigenvalue weighted by Crippen LogP contribution is 2.19. The van der Waals surface area contributed by atoms with Gasteiger partial charge in [-0.1, -0.05) is 28.1 Å². The van der Waals surface area contributed by atoms with Crippen LogP contribution in [0.15, 0.2) is 28.7 Å². The molecule has 0 aliphatic heterocycles. The van der Waals surface area contributed by atoms with Gasteiger partial charge in [0.05, 0.1) is 0 Å². The average Bonchev–Trinajstić information content (AvgIpc) is 2.33. The zero-order valence-electron chi connectivity index (χ0n) is 12.0. The Balaban J connectivity index is 2.91. The summed E-state index contributed by atoms with van der Waals surface area (Å²) in [6, 6.07) is 6.39. The van der Waals surface area contributed by atoms with E-state index in [9.17, 15) is 9.59 Å². The summed E-state index contributed by atoms with van der Waals surface area (Å²) in [5.41, 5.74) is 0.0544. The Morgan fingerprint density at radius 1 is 1.30 bits per heavy atom. The first kappa shape index (κ1) is 16.5. The molecule has 0 fully saturated rings. The van der Waals surface area contributed by atoms with Crippen LogP contribution in [0.5, 0.6) is 0 Å². The van der Waals surface area contributed by atoms with E-state index in [0.29, 0.717) is 5.56 Å². The van der Waals surface area contributed by atoms with Crippen molar-refractivity contribution < 1.29 is 14.3 Å². The minimum absolute atomic E-state index is 0.311. The SMILES string of the molecule is CNC(=O)C(NC(=O)OC(C)(C)C)c1cccc(Br)c1. The van der Waals surface area contributed by atoms with Crippen LogP contribution in [0.4, 0.5) is 4.79 Å². The largest absolute Gasteiger partial charge is 0.444 e. The minimum Gasteiger partial charge on any atom is -0.444 e. The van der Waals surface area contributed by atoms with Gasteiger partial charge >= 0.3 is 6.09 Å². The number of alkyl carbamates (subject to hydrolysis) is 1. The summed E-state index contributed by atoms with van der Waals surface area (Å²) in [5, 5.41) is 5.10. The molecule has 0 spiro atoms. The third-order valence-electron chi connectivity index (χ3n) is 2.35. The van der Waals surface area contributed by atoms with Crippen molar-refractivity contribution in [2.24, 2.45) is 0 Å². The molecule has 0 bridgehead atoms. The summed E-state index contributed by atoms with van der Waals surface area (Å²) >= 11 is 3.34. The zero-order chi connectivity index (χ0) is 15.3. The highest BCUT2D eigenvalue weighted by molar-refractivity contribution is 9.10. The predicted molar refractivity (Wildman–Crippen MR) is 80.3 cm³/mol. The number of likely N-dealkylation sites (N-methyl/N-ethyl adjacent to an activating group) is 1. The molecule has 0 aromatic heterocycles. The third kappa shape index (κ3) is 5.21. The number of amides is 2. The van der Waals surface area contributed by atoms with Crippen molar-refractivity contribution in [3.8, 4) is 0 Å². The molecular formula is C14H19BrN2O3. The minimum atomic E-state index is -0.799. The molecule has 20 heavy (non-hydrogen) atoms. The fraction of sp³-hybridized carbons (Fsp3) is 0.429. The highest BCUT2D eigenvalue weighted by atomic mass is 79.9. The van der Waals surface area contributed by atoms with Gasteiger partial charge in [0.15, 0.2) is 0 Å². The molecule has 6 heteroatoms. The number of carbonyl (C=O) groups excluding carboxylic acids is 2. The van der Waals surface area contributed by atoms with Crippen LogP contribution < -0.4 is 10.6 Å². The van der Waals surface area contributed by atoms with Crippen molar-refractivity contribution >= 4 is 27.9 Å². The Hall–Kier alpha value is -1.56. The van der Waals surface area contributed by atoms with E-state index in [2.05, 4.69) is 26.6 Å². The van der Waals surface area contributed by atoms with E-state index in [0.717, 1.165) is 4.47 Å². The second kappa shape index (κ2) is 6.74. The highest BCUT2D eigenvalue weighted by Gasteiger charge is 2.25. The molecule has 1 aromatic rings. The molecule has 1 aromatic carbocycles. The van der Waals surface area contributed by atoms with Crippen molar-refractivity contribution in [3.63, 3.8) is 0 Å². The fourth-order valence-corrected chi connectivity index (χ4v) is 1.97. The van der Waals surface area contributed by atoms with Crippen LogP contribution in [-0.4, -0.2) is 24.6 Å². The Bertz CT molecular complexity index is 497. The van der Waals surface area contributed by atoms with Crippen LogP contribution in [0.1, 0.15) is 32.4 Å². The van der Waals surface area contributed by atoms with E-state index in [1.807, 2.05) is 6.07 Å². The van der Waals surface area contributed by atoms with E-state index < -0.39 is 17.7 Å². The molecule has 0 heterocycles. The average molecular weight is 343 g/mol. The Morgan fingerprint density at radius 3 is 2.45 bits per heavy atom. The summed E-state index contributed by atoms with van der Waals surface area (Å²) in [6.45, 7) is 5.29. The molecule has 0 aliphatic carbocycles. The van der Waals surface area contributed by atoms with Gasteiger partial charge in [0.1, 0.15) is 11.6 Å². The topological polar surface area (TPSA) is 67.4 Å². The third-order valence-corrected chi connectivity index (χ3v) is 2.84. The van der Waals surface area contributed by atoms with Crippen LogP contribution in [0.2, 0.25) is 0 Å². The number of nitrogens with one attached hydrogen (secondary N) is 2. The van der Waals surface area contributed by atoms with E-state index in [1.54, 1.807) is 39.0 Å². The van der Waals surface area contributed by atoms with Crippen molar-refractivity contribution in [2.45, 2.75) is 32.4 Å². The maximum atomic E-state index is 11.9. The van der Waals surface area contributed by atoms with Gasteiger partial charge in [-0.25, -0.2) is 4.79 Å². The predicted octanol–water partition coefficient (Wildman–Crippen LogP) is 2.76. The zero-order valence-corrected chi connectivity index (χ0v) is 13.6. The quantitative estimate of drug-likeness (QED) is 0.887. The van der Waals surface area contributed by atoms with Gasteiger partial charge in [-0.2, -0.15) is 0 Å². The van der Waals surface area contributed by atoms with Crippen LogP contribution in [0.3, 0.4) is 0 Å². The first-order valence-electron chi connectivity index (χ1n) is 6.19. The lowest BCUT2D eigenvalue weighted by Gasteiger charge is -2.23. The van der Waals surface area contributed by atoms with E-state index in [1.165, 1.54) is 7.05 Å². The van der Waals surface area contributed by atoms with Gasteiger partial charge in [0.25, 0.3) is 0 Å². The molecule has 0 saturated heterocycles. The molecule has 0 aliphatic rings. The second-order valence-corrected chi connectivity index (χ2v) is 6.16. The maximum absolute atomic E-state index is 11.9. The standard InChI is InChI=1S/C14H19BrN2O3/c1-14(2,3)20-13(19)17-11(12(18)16-4)9-6-5-7-10(15)8-9/h5-8,11H,1-4H3,(H,16,18)(H,17,19). The van der Waals surface area contributed by atoms with Crippen LogP contribution in [0.25, 0.3) is 0 Å². The summed E-state index contributed by atoms with van der Waals surface area (Å²) in [7, 11) is 1.52. The second-order valence-electron chi connectivity index (χ2n) is 5.25. The van der Waals surface area contributed by atoms with E-state index >= 15 is 0 Å². The van der Waals surface area contributed by atoms with Crippen LogP contribution in [0, 0.1) is 0 Å². The van der Waals surface area contributed by atoms with E-state index in [-0.39, 0.29) is 5.91 Å². The number of ether oxygens (including phenoxy) is 1. The number of benzene rings is 1. The van der Waals surface area contributed by atoms with Crippen molar-refractivity contribution in [3.05, 3.63) is 34.3 Å². The number of carbonyl (C=O) groups is 2. The lowest BCUT2D eigenvalue weighted by Crippen LogP contribution is -2.41. The van der Waals surface area contributed by atoms with Gasteiger partial charge in [-0.3, -0.25) is 4.79 Å². The van der Waals surface area contributed by atoms with Gasteiger partial charge in [0, 0.05) is 11.5 Å². The molecule has 0 saturated carbocycles. The molecular weight excluding hydrogens is 324 g/mol. The Labute approximate surface area is 127 Å². The molecule has 5 nitrogen and oxygen atoms in total. The van der Waals surface area contributed by atoms with Gasteiger partial charge < -0.3 is 15.4 Å².